The highest BCUT2D eigenvalue weighted by molar-refractivity contribution is 6.29. The van der Waals surface area contributed by atoms with Crippen LogP contribution < -0.4 is 9.80 Å². The first-order valence-electron chi connectivity index (χ1n) is 24.8. The molecule has 72 heavy (non-hydrogen) atoms. The van der Waals surface area contributed by atoms with Gasteiger partial charge in [0.25, 0.3) is 0 Å². The van der Waals surface area contributed by atoms with Crippen LogP contribution in [0.5, 0.6) is 0 Å². The van der Waals surface area contributed by atoms with Crippen LogP contribution in [0.4, 0.5) is 34.1 Å². The van der Waals surface area contributed by atoms with Gasteiger partial charge in [0, 0.05) is 54.8 Å². The number of benzene rings is 12. The van der Waals surface area contributed by atoms with E-state index in [-0.39, 0.29) is 0 Å². The zero-order valence-corrected chi connectivity index (χ0v) is 40.5. The molecule has 0 aliphatic carbocycles. The van der Waals surface area contributed by atoms with Crippen molar-refractivity contribution >= 4 is 110 Å². The van der Waals surface area contributed by atoms with Crippen molar-refractivity contribution in [1.29, 1.82) is 0 Å². The number of hydrogen-bond acceptors (Lipinski definition) is 4. The Balaban J connectivity index is 0.996. The predicted molar refractivity (Wildman–Crippen MR) is 304 cm³/mol. The van der Waals surface area contributed by atoms with Crippen molar-refractivity contribution in [2.24, 2.45) is 0 Å². The molecule has 342 valence electrons. The highest BCUT2D eigenvalue weighted by Crippen LogP contribution is 2.51. The third-order valence-corrected chi connectivity index (χ3v) is 15.1. The molecule has 4 nitrogen and oxygen atoms in total. The number of aryl methyl sites for hydroxylation is 4. The number of para-hydroxylation sites is 6. The SMILES string of the molecule is Cc1cccc(C)c1-c1cccc2c1oc1c(N(c3ccccc3)c3ccc4ccc5c(N(c6ccccc6)c6cccc7c6oc6c(-c8c(C)cccc8C)cccc67)ccc6ccc3c4c65)cccc12. The van der Waals surface area contributed by atoms with Gasteiger partial charge >= 0.3 is 0 Å². The van der Waals surface area contributed by atoms with Crippen LogP contribution in [0.3, 0.4) is 0 Å². The van der Waals surface area contributed by atoms with Gasteiger partial charge in [0.15, 0.2) is 11.2 Å². The molecule has 0 fully saturated rings. The molecule has 4 heteroatoms. The Morgan fingerprint density at radius 3 is 1.01 bits per heavy atom. The highest BCUT2D eigenvalue weighted by Gasteiger charge is 2.27. The monoisotopic (exact) mass is 924 g/mol. The van der Waals surface area contributed by atoms with Gasteiger partial charge in [-0.15, -0.1) is 0 Å². The molecule has 2 aromatic heterocycles. The topological polar surface area (TPSA) is 32.8 Å². The zero-order chi connectivity index (χ0) is 48.2. The van der Waals surface area contributed by atoms with Gasteiger partial charge in [-0.1, -0.05) is 170 Å². The molecular formula is C68H48N2O2. The highest BCUT2D eigenvalue weighted by atomic mass is 16.3. The van der Waals surface area contributed by atoms with Gasteiger partial charge in [-0.25, -0.2) is 0 Å². The van der Waals surface area contributed by atoms with Crippen LogP contribution in [0.2, 0.25) is 0 Å². The Morgan fingerprint density at radius 2 is 0.611 bits per heavy atom. The molecule has 14 aromatic rings. The summed E-state index contributed by atoms with van der Waals surface area (Å²) < 4.78 is 14.4. The van der Waals surface area contributed by atoms with E-state index in [0.29, 0.717) is 0 Å². The Kier molecular flexibility index (Phi) is 9.43. The van der Waals surface area contributed by atoms with Crippen molar-refractivity contribution in [2.45, 2.75) is 27.7 Å². The molecule has 0 saturated heterocycles. The van der Waals surface area contributed by atoms with Gasteiger partial charge < -0.3 is 18.6 Å². The third-order valence-electron chi connectivity index (χ3n) is 15.1. The molecule has 0 unspecified atom stereocenters. The molecule has 0 N–H and O–H groups in total. The van der Waals surface area contributed by atoms with Crippen molar-refractivity contribution < 1.29 is 8.83 Å². The normalized spacial score (nSPS) is 11.9. The Hall–Kier alpha value is -9.12. The van der Waals surface area contributed by atoms with E-state index in [9.17, 15) is 0 Å². The van der Waals surface area contributed by atoms with Crippen LogP contribution in [-0.4, -0.2) is 0 Å². The molecule has 0 radical (unpaired) electrons. The summed E-state index contributed by atoms with van der Waals surface area (Å²) in [5.74, 6) is 0. The van der Waals surface area contributed by atoms with Crippen molar-refractivity contribution in [3.63, 3.8) is 0 Å². The molecule has 0 bridgehead atoms. The van der Waals surface area contributed by atoms with Crippen LogP contribution in [0, 0.1) is 27.7 Å². The van der Waals surface area contributed by atoms with Gasteiger partial charge in [-0.05, 0) is 131 Å². The molecule has 14 rings (SSSR count). The Bertz CT molecular complexity index is 4120. The summed E-state index contributed by atoms with van der Waals surface area (Å²) in [6.45, 7) is 8.75. The van der Waals surface area contributed by atoms with E-state index in [1.165, 1.54) is 54.9 Å². The Morgan fingerprint density at radius 1 is 0.264 bits per heavy atom. The molecule has 0 spiro atoms. The van der Waals surface area contributed by atoms with E-state index >= 15 is 0 Å². The van der Waals surface area contributed by atoms with Gasteiger partial charge in [-0.3, -0.25) is 0 Å². The minimum Gasteiger partial charge on any atom is -0.453 e. The lowest BCUT2D eigenvalue weighted by atomic mass is 9.91. The minimum atomic E-state index is 0.849. The first kappa shape index (κ1) is 41.8. The fourth-order valence-corrected chi connectivity index (χ4v) is 12.0. The van der Waals surface area contributed by atoms with Crippen molar-refractivity contribution in [2.75, 3.05) is 9.80 Å². The first-order valence-corrected chi connectivity index (χ1v) is 24.8. The van der Waals surface area contributed by atoms with E-state index in [2.05, 4.69) is 256 Å². The third kappa shape index (κ3) is 6.25. The first-order chi connectivity index (χ1) is 35.4. The maximum absolute atomic E-state index is 7.19. The summed E-state index contributed by atoms with van der Waals surface area (Å²) in [5, 5.41) is 11.5. The van der Waals surface area contributed by atoms with Crippen LogP contribution in [0.1, 0.15) is 22.3 Å². The summed E-state index contributed by atoms with van der Waals surface area (Å²) in [5.41, 5.74) is 19.3. The lowest BCUT2D eigenvalue weighted by molar-refractivity contribution is 0.669. The zero-order valence-electron chi connectivity index (χ0n) is 40.5. The molecule has 0 amide bonds. The van der Waals surface area contributed by atoms with Crippen LogP contribution >= 0.6 is 0 Å². The second-order valence-electron chi connectivity index (χ2n) is 19.3. The van der Waals surface area contributed by atoms with Crippen molar-refractivity contribution in [1.82, 2.24) is 0 Å². The average Bonchev–Trinajstić information content (AvgIpc) is 4.00. The maximum Gasteiger partial charge on any atom is 0.159 e. The van der Waals surface area contributed by atoms with E-state index in [1.54, 1.807) is 0 Å². The molecule has 0 saturated carbocycles. The number of furan rings is 2. The lowest BCUT2D eigenvalue weighted by Crippen LogP contribution is -2.11. The van der Waals surface area contributed by atoms with Crippen molar-refractivity contribution in [3.05, 3.63) is 241 Å². The van der Waals surface area contributed by atoms with E-state index in [4.69, 9.17) is 8.83 Å². The standard InChI is InChI=1S/C68H48N2O2/c1-41-17-11-18-42(2)61(41)55-29-13-25-49-51-27-15-31-59(67(51)71-65(49)55)69(47-21-7-5-8-22-47)57-39-35-45-34-38-54-58(40-36-46-33-37-53(57)63(45)64(46)54)70(48-23-9-6-10-24-48)60-32-16-28-52-50-26-14-30-56(66(50)72-68(52)60)62-43(3)19-12-20-44(62)4/h5-40H,1-4H3. The smallest absolute Gasteiger partial charge is 0.159 e. The number of rotatable bonds is 8. The molecule has 12 aromatic carbocycles. The summed E-state index contributed by atoms with van der Waals surface area (Å²) in [6, 6.07) is 79.0. The van der Waals surface area contributed by atoms with Gasteiger partial charge in [0.05, 0.1) is 22.7 Å². The average molecular weight is 925 g/mol. The fraction of sp³-hybridized carbons (Fsp3) is 0.0588. The van der Waals surface area contributed by atoms with Crippen LogP contribution in [0.25, 0.3) is 98.4 Å². The molecule has 0 aliphatic rings. The number of fused-ring (bicyclic) bond motifs is 6. The largest absolute Gasteiger partial charge is 0.453 e. The number of nitrogens with zero attached hydrogens (tertiary/aromatic N) is 2. The quantitative estimate of drug-likeness (QED) is 0.142. The second kappa shape index (κ2) is 16.2. The summed E-state index contributed by atoms with van der Waals surface area (Å²) in [7, 11) is 0. The van der Waals surface area contributed by atoms with Crippen LogP contribution in [-0.2, 0) is 0 Å². The van der Waals surface area contributed by atoms with Gasteiger partial charge in [0.1, 0.15) is 11.2 Å². The van der Waals surface area contributed by atoms with E-state index in [1.807, 2.05) is 0 Å². The van der Waals surface area contributed by atoms with E-state index < -0.39 is 0 Å². The lowest BCUT2D eigenvalue weighted by Gasteiger charge is -2.29. The molecule has 0 atom stereocenters. The Labute approximate surface area is 417 Å². The maximum atomic E-state index is 7.19. The number of anilines is 6. The molecule has 0 aliphatic heterocycles. The second-order valence-corrected chi connectivity index (χ2v) is 19.3. The predicted octanol–water partition coefficient (Wildman–Crippen LogP) is 19.9. The minimum absolute atomic E-state index is 0.849. The summed E-state index contributed by atoms with van der Waals surface area (Å²) >= 11 is 0. The van der Waals surface area contributed by atoms with Gasteiger partial charge in [0.2, 0.25) is 0 Å². The molecular weight excluding hydrogens is 877 g/mol. The summed E-state index contributed by atoms with van der Waals surface area (Å²) in [4.78, 5) is 4.78. The molecule has 2 heterocycles. The fourth-order valence-electron chi connectivity index (χ4n) is 12.0. The van der Waals surface area contributed by atoms with Crippen LogP contribution in [0.15, 0.2) is 227 Å². The van der Waals surface area contributed by atoms with Gasteiger partial charge in [-0.2, -0.15) is 0 Å². The number of hydrogen-bond donors (Lipinski definition) is 0. The summed E-state index contributed by atoms with van der Waals surface area (Å²) in [6.07, 6.45) is 0. The van der Waals surface area contributed by atoms with Crippen molar-refractivity contribution in [3.8, 4) is 22.3 Å². The van der Waals surface area contributed by atoms with E-state index in [0.717, 1.165) is 99.9 Å².